The Balaban J connectivity index is 2.38. The number of anilines is 2. The van der Waals surface area contributed by atoms with E-state index >= 15 is 0 Å². The van der Waals surface area contributed by atoms with Gasteiger partial charge in [-0.25, -0.2) is 0 Å². The van der Waals surface area contributed by atoms with E-state index in [2.05, 4.69) is 5.32 Å². The summed E-state index contributed by atoms with van der Waals surface area (Å²) in [7, 11) is 0. The molecule has 1 aromatic rings. The monoisotopic (exact) mass is 208 g/mol. The first kappa shape index (κ1) is 11.4. The Labute approximate surface area is 89.1 Å². The number of nitrogen functional groups attached to an aromatic ring is 1. The van der Waals surface area contributed by atoms with Gasteiger partial charge in [-0.1, -0.05) is 19.1 Å². The summed E-state index contributed by atoms with van der Waals surface area (Å²) in [6.45, 7) is 2.31. The van der Waals surface area contributed by atoms with Crippen molar-refractivity contribution in [2.75, 3.05) is 17.6 Å². The Morgan fingerprint density at radius 3 is 2.80 bits per heavy atom. The maximum Gasteiger partial charge on any atom is 0.306 e. The molecule has 1 aromatic carbocycles. The number of carboxylic acid groups (broad SMARTS) is 1. The van der Waals surface area contributed by atoms with Gasteiger partial charge in [0.15, 0.2) is 0 Å². The average molecular weight is 208 g/mol. The molecule has 0 heterocycles. The summed E-state index contributed by atoms with van der Waals surface area (Å²) in [5, 5.41) is 11.8. The smallest absolute Gasteiger partial charge is 0.306 e. The van der Waals surface area contributed by atoms with Gasteiger partial charge in [-0.2, -0.15) is 0 Å². The number of nitrogens with two attached hydrogens (primary N) is 1. The highest BCUT2D eigenvalue weighted by molar-refractivity contribution is 5.69. The van der Waals surface area contributed by atoms with Gasteiger partial charge >= 0.3 is 5.97 Å². The second-order valence-corrected chi connectivity index (χ2v) is 3.54. The summed E-state index contributed by atoms with van der Waals surface area (Å²) < 4.78 is 0. The van der Waals surface area contributed by atoms with Crippen molar-refractivity contribution in [2.45, 2.75) is 13.3 Å². The largest absolute Gasteiger partial charge is 0.481 e. The quantitative estimate of drug-likeness (QED) is 0.645. The Bertz CT molecular complexity index is 339. The van der Waals surface area contributed by atoms with E-state index in [1.54, 1.807) is 6.92 Å². The summed E-state index contributed by atoms with van der Waals surface area (Å²) >= 11 is 0. The average Bonchev–Trinajstić information content (AvgIpc) is 2.20. The highest BCUT2D eigenvalue weighted by Crippen LogP contribution is 2.16. The van der Waals surface area contributed by atoms with Gasteiger partial charge in [-0.15, -0.1) is 0 Å². The number of para-hydroxylation sites is 2. The van der Waals surface area contributed by atoms with E-state index in [0.29, 0.717) is 18.7 Å². The van der Waals surface area contributed by atoms with Crippen LogP contribution in [0.1, 0.15) is 13.3 Å². The van der Waals surface area contributed by atoms with Crippen LogP contribution in [0.5, 0.6) is 0 Å². The van der Waals surface area contributed by atoms with Crippen LogP contribution in [0.3, 0.4) is 0 Å². The van der Waals surface area contributed by atoms with E-state index in [9.17, 15) is 4.79 Å². The standard InChI is InChI=1S/C11H16N2O2/c1-8(11(14)15)6-7-13-10-5-3-2-4-9(10)12/h2-5,8,13H,6-7,12H2,1H3,(H,14,15). The van der Waals surface area contributed by atoms with E-state index in [1.165, 1.54) is 0 Å². The molecule has 1 unspecified atom stereocenters. The van der Waals surface area contributed by atoms with Crippen LogP contribution in [0.4, 0.5) is 11.4 Å². The molecule has 1 rings (SSSR count). The number of nitrogens with one attached hydrogen (secondary N) is 1. The first-order valence-electron chi connectivity index (χ1n) is 4.92. The van der Waals surface area contributed by atoms with Crippen LogP contribution in [-0.4, -0.2) is 17.6 Å². The lowest BCUT2D eigenvalue weighted by Crippen LogP contribution is -2.14. The second-order valence-electron chi connectivity index (χ2n) is 3.54. The fourth-order valence-corrected chi connectivity index (χ4v) is 1.20. The van der Waals surface area contributed by atoms with Crippen LogP contribution in [-0.2, 0) is 4.79 Å². The topological polar surface area (TPSA) is 75.3 Å². The van der Waals surface area contributed by atoms with Crippen molar-refractivity contribution in [3.8, 4) is 0 Å². The molecule has 4 N–H and O–H groups in total. The Kier molecular flexibility index (Phi) is 3.97. The van der Waals surface area contributed by atoms with E-state index in [1.807, 2.05) is 24.3 Å². The Morgan fingerprint density at radius 1 is 1.53 bits per heavy atom. The highest BCUT2D eigenvalue weighted by atomic mass is 16.4. The molecule has 0 fully saturated rings. The minimum Gasteiger partial charge on any atom is -0.481 e. The number of carbonyl (C=O) groups is 1. The van der Waals surface area contributed by atoms with Crippen molar-refractivity contribution in [1.82, 2.24) is 0 Å². The molecule has 0 aliphatic heterocycles. The van der Waals surface area contributed by atoms with Crippen LogP contribution in [0.2, 0.25) is 0 Å². The maximum absolute atomic E-state index is 10.6. The van der Waals surface area contributed by atoms with Gasteiger partial charge in [0.1, 0.15) is 0 Å². The van der Waals surface area contributed by atoms with E-state index in [4.69, 9.17) is 10.8 Å². The first-order chi connectivity index (χ1) is 7.11. The first-order valence-corrected chi connectivity index (χ1v) is 4.92. The van der Waals surface area contributed by atoms with Gasteiger partial charge in [0, 0.05) is 6.54 Å². The van der Waals surface area contributed by atoms with Crippen molar-refractivity contribution < 1.29 is 9.90 Å². The number of aliphatic carboxylic acids is 1. The number of hydrogen-bond acceptors (Lipinski definition) is 3. The van der Waals surface area contributed by atoms with Crippen molar-refractivity contribution in [1.29, 1.82) is 0 Å². The van der Waals surface area contributed by atoms with Crippen LogP contribution >= 0.6 is 0 Å². The molecule has 0 aliphatic rings. The minimum absolute atomic E-state index is 0.331. The van der Waals surface area contributed by atoms with Gasteiger partial charge in [0.05, 0.1) is 17.3 Å². The minimum atomic E-state index is -0.766. The number of carboxylic acids is 1. The van der Waals surface area contributed by atoms with Crippen molar-refractivity contribution in [2.24, 2.45) is 5.92 Å². The molecule has 82 valence electrons. The number of hydrogen-bond donors (Lipinski definition) is 3. The van der Waals surface area contributed by atoms with Crippen LogP contribution in [0.15, 0.2) is 24.3 Å². The molecule has 0 aliphatic carbocycles. The van der Waals surface area contributed by atoms with E-state index in [-0.39, 0.29) is 5.92 Å². The summed E-state index contributed by atoms with van der Waals surface area (Å²) in [6, 6.07) is 7.43. The fourth-order valence-electron chi connectivity index (χ4n) is 1.20. The third-order valence-corrected chi connectivity index (χ3v) is 2.28. The molecular formula is C11H16N2O2. The molecule has 0 radical (unpaired) electrons. The zero-order valence-corrected chi connectivity index (χ0v) is 8.73. The zero-order valence-electron chi connectivity index (χ0n) is 8.73. The van der Waals surface area contributed by atoms with Crippen molar-refractivity contribution in [3.05, 3.63) is 24.3 Å². The Hall–Kier alpha value is -1.71. The molecule has 15 heavy (non-hydrogen) atoms. The zero-order chi connectivity index (χ0) is 11.3. The van der Waals surface area contributed by atoms with Gasteiger partial charge < -0.3 is 16.2 Å². The third kappa shape index (κ3) is 3.50. The lowest BCUT2D eigenvalue weighted by Gasteiger charge is -2.10. The molecule has 0 aromatic heterocycles. The molecule has 0 bridgehead atoms. The molecule has 4 heteroatoms. The van der Waals surface area contributed by atoms with Crippen LogP contribution in [0, 0.1) is 5.92 Å². The lowest BCUT2D eigenvalue weighted by atomic mass is 10.1. The normalized spacial score (nSPS) is 12.1. The predicted octanol–water partition coefficient (Wildman–Crippen LogP) is 1.79. The van der Waals surface area contributed by atoms with Gasteiger partial charge in [-0.05, 0) is 18.6 Å². The highest BCUT2D eigenvalue weighted by Gasteiger charge is 2.09. The van der Waals surface area contributed by atoms with Gasteiger partial charge in [0.2, 0.25) is 0 Å². The fraction of sp³-hybridized carbons (Fsp3) is 0.364. The molecule has 1 atom stereocenters. The summed E-state index contributed by atoms with van der Waals surface area (Å²) in [5.41, 5.74) is 7.26. The van der Waals surface area contributed by atoms with Crippen LogP contribution in [0.25, 0.3) is 0 Å². The Morgan fingerprint density at radius 2 is 2.20 bits per heavy atom. The summed E-state index contributed by atoms with van der Waals surface area (Å²) in [5.74, 6) is -1.10. The van der Waals surface area contributed by atoms with E-state index < -0.39 is 5.97 Å². The summed E-state index contributed by atoms with van der Waals surface area (Å²) in [4.78, 5) is 10.6. The molecule has 4 nitrogen and oxygen atoms in total. The maximum atomic E-state index is 10.6. The molecule has 0 saturated heterocycles. The van der Waals surface area contributed by atoms with Crippen molar-refractivity contribution in [3.63, 3.8) is 0 Å². The molecule has 0 amide bonds. The summed E-state index contributed by atoms with van der Waals surface area (Å²) in [6.07, 6.45) is 0.587. The SMILES string of the molecule is CC(CCNc1ccccc1N)C(=O)O. The van der Waals surface area contributed by atoms with Gasteiger partial charge in [0.25, 0.3) is 0 Å². The number of benzene rings is 1. The second kappa shape index (κ2) is 5.24. The molecule has 0 saturated carbocycles. The van der Waals surface area contributed by atoms with E-state index in [0.717, 1.165) is 5.69 Å². The van der Waals surface area contributed by atoms with Crippen molar-refractivity contribution >= 4 is 17.3 Å². The van der Waals surface area contributed by atoms with Gasteiger partial charge in [-0.3, -0.25) is 4.79 Å². The molecular weight excluding hydrogens is 192 g/mol. The predicted molar refractivity (Wildman–Crippen MR) is 60.8 cm³/mol. The van der Waals surface area contributed by atoms with Crippen LogP contribution < -0.4 is 11.1 Å². The third-order valence-electron chi connectivity index (χ3n) is 2.28. The number of rotatable bonds is 5. The lowest BCUT2D eigenvalue weighted by molar-refractivity contribution is -0.141. The molecule has 0 spiro atoms.